The maximum absolute atomic E-state index is 13.8. The molecule has 5 nitrogen and oxygen atoms in total. The van der Waals surface area contributed by atoms with Gasteiger partial charge in [-0.3, -0.25) is 4.72 Å². The number of sulfonamides is 1. The Hall–Kier alpha value is -1.93. The molecule has 0 heterocycles. The molecule has 22 heavy (non-hydrogen) atoms. The predicted octanol–water partition coefficient (Wildman–Crippen LogP) is 3.18. The molecule has 0 saturated heterocycles. The highest BCUT2D eigenvalue weighted by Crippen LogP contribution is 2.22. The quantitative estimate of drug-likeness (QED) is 0.817. The Labute approximate surface area is 135 Å². The number of nitrogens with one attached hydrogen (secondary N) is 1. The lowest BCUT2D eigenvalue weighted by molar-refractivity contribution is 0.0600. The van der Waals surface area contributed by atoms with Crippen LogP contribution in [-0.2, 0) is 14.8 Å². The van der Waals surface area contributed by atoms with Crippen molar-refractivity contribution in [3.05, 3.63) is 58.3 Å². The minimum Gasteiger partial charge on any atom is -0.465 e. The molecule has 8 heteroatoms. The zero-order valence-corrected chi connectivity index (χ0v) is 13.7. The van der Waals surface area contributed by atoms with Gasteiger partial charge in [0.1, 0.15) is 10.7 Å². The average Bonchev–Trinajstić information content (AvgIpc) is 2.49. The lowest BCUT2D eigenvalue weighted by atomic mass is 10.2. The number of anilines is 1. The smallest absolute Gasteiger partial charge is 0.337 e. The number of methoxy groups -OCH3 is 1. The van der Waals surface area contributed by atoms with Crippen molar-refractivity contribution in [1.29, 1.82) is 0 Å². The Balaban J connectivity index is 2.40. The number of benzene rings is 2. The summed E-state index contributed by atoms with van der Waals surface area (Å²) in [5.41, 5.74) is 0.214. The zero-order chi connectivity index (χ0) is 16.3. The van der Waals surface area contributed by atoms with Gasteiger partial charge in [0.25, 0.3) is 10.0 Å². The van der Waals surface area contributed by atoms with E-state index in [4.69, 9.17) is 0 Å². The molecular formula is C14H11BrFNO4S. The van der Waals surface area contributed by atoms with Crippen LogP contribution in [0, 0.1) is 5.82 Å². The molecular weight excluding hydrogens is 377 g/mol. The average molecular weight is 388 g/mol. The molecule has 0 aliphatic heterocycles. The lowest BCUT2D eigenvalue weighted by Crippen LogP contribution is -2.15. The van der Waals surface area contributed by atoms with Crippen molar-refractivity contribution in [2.45, 2.75) is 4.90 Å². The van der Waals surface area contributed by atoms with Crippen LogP contribution >= 0.6 is 15.9 Å². The van der Waals surface area contributed by atoms with Crippen LogP contribution in [0.4, 0.5) is 10.1 Å². The maximum Gasteiger partial charge on any atom is 0.337 e. The number of ether oxygens (including phenoxy) is 1. The molecule has 116 valence electrons. The van der Waals surface area contributed by atoms with Gasteiger partial charge in [0.15, 0.2) is 0 Å². The Bertz CT molecular complexity index is 806. The second kappa shape index (κ2) is 6.45. The van der Waals surface area contributed by atoms with E-state index in [2.05, 4.69) is 25.4 Å². The van der Waals surface area contributed by atoms with Gasteiger partial charge in [-0.1, -0.05) is 15.9 Å². The normalized spacial score (nSPS) is 11.0. The molecule has 0 atom stereocenters. The highest BCUT2D eigenvalue weighted by molar-refractivity contribution is 9.10. The molecule has 0 amide bonds. The Kier molecular flexibility index (Phi) is 4.82. The second-order valence-electron chi connectivity index (χ2n) is 4.25. The van der Waals surface area contributed by atoms with Crippen molar-refractivity contribution >= 4 is 37.6 Å². The zero-order valence-electron chi connectivity index (χ0n) is 11.3. The Morgan fingerprint density at radius 2 is 1.82 bits per heavy atom. The van der Waals surface area contributed by atoms with E-state index in [0.717, 1.165) is 29.8 Å². The van der Waals surface area contributed by atoms with Gasteiger partial charge in [-0.15, -0.1) is 0 Å². The van der Waals surface area contributed by atoms with Gasteiger partial charge in [-0.25, -0.2) is 17.6 Å². The monoisotopic (exact) mass is 387 g/mol. The second-order valence-corrected chi connectivity index (χ2v) is 6.82. The topological polar surface area (TPSA) is 72.5 Å². The first-order valence-electron chi connectivity index (χ1n) is 6.00. The molecule has 0 spiro atoms. The minimum absolute atomic E-state index is 0.0555. The van der Waals surface area contributed by atoms with E-state index >= 15 is 0 Å². The van der Waals surface area contributed by atoms with E-state index in [-0.39, 0.29) is 11.3 Å². The van der Waals surface area contributed by atoms with Crippen LogP contribution in [0.15, 0.2) is 51.8 Å². The summed E-state index contributed by atoms with van der Waals surface area (Å²) in [7, 11) is -3.02. The fourth-order valence-electron chi connectivity index (χ4n) is 1.68. The van der Waals surface area contributed by atoms with Crippen LogP contribution in [0.25, 0.3) is 0 Å². The summed E-state index contributed by atoms with van der Waals surface area (Å²) in [4.78, 5) is 10.8. The summed E-state index contributed by atoms with van der Waals surface area (Å²) in [6.07, 6.45) is 0. The van der Waals surface area contributed by atoms with Gasteiger partial charge in [-0.05, 0) is 42.5 Å². The molecule has 0 saturated carbocycles. The molecule has 0 bridgehead atoms. The van der Waals surface area contributed by atoms with E-state index < -0.39 is 26.7 Å². The molecule has 2 aromatic rings. The third-order valence-corrected chi connectivity index (χ3v) is 4.66. The maximum atomic E-state index is 13.8. The third-order valence-electron chi connectivity index (χ3n) is 2.74. The highest BCUT2D eigenvalue weighted by Gasteiger charge is 2.21. The highest BCUT2D eigenvalue weighted by atomic mass is 79.9. The predicted molar refractivity (Wildman–Crippen MR) is 82.7 cm³/mol. The molecule has 0 aromatic heterocycles. The fourth-order valence-corrected chi connectivity index (χ4v) is 3.11. The minimum atomic E-state index is -4.17. The summed E-state index contributed by atoms with van der Waals surface area (Å²) in [5, 5.41) is 0. The van der Waals surface area contributed by atoms with Crippen LogP contribution in [0.3, 0.4) is 0 Å². The van der Waals surface area contributed by atoms with Gasteiger partial charge in [-0.2, -0.15) is 0 Å². The van der Waals surface area contributed by atoms with E-state index in [1.54, 1.807) is 12.1 Å². The standard InChI is InChI=1S/C14H11BrFNO4S/c1-21-14(18)9-2-7-12(16)13(8-9)22(19,20)17-11-5-3-10(15)4-6-11/h2-8,17H,1H3. The first-order chi connectivity index (χ1) is 10.3. The summed E-state index contributed by atoms with van der Waals surface area (Å²) >= 11 is 3.23. The Morgan fingerprint density at radius 3 is 2.41 bits per heavy atom. The van der Waals surface area contributed by atoms with E-state index in [0.29, 0.717) is 0 Å². The first kappa shape index (κ1) is 16.4. The van der Waals surface area contributed by atoms with Gasteiger partial charge in [0.2, 0.25) is 0 Å². The van der Waals surface area contributed by atoms with Crippen molar-refractivity contribution in [3.63, 3.8) is 0 Å². The fraction of sp³-hybridized carbons (Fsp3) is 0.0714. The number of hydrogen-bond donors (Lipinski definition) is 1. The van der Waals surface area contributed by atoms with E-state index in [9.17, 15) is 17.6 Å². The molecule has 2 rings (SSSR count). The lowest BCUT2D eigenvalue weighted by Gasteiger charge is -2.10. The van der Waals surface area contributed by atoms with Crippen molar-refractivity contribution in [2.75, 3.05) is 11.8 Å². The molecule has 0 aliphatic carbocycles. The van der Waals surface area contributed by atoms with Gasteiger partial charge < -0.3 is 4.74 Å². The van der Waals surface area contributed by atoms with Crippen LogP contribution in [0.1, 0.15) is 10.4 Å². The van der Waals surface area contributed by atoms with Gasteiger partial charge >= 0.3 is 5.97 Å². The van der Waals surface area contributed by atoms with E-state index in [1.165, 1.54) is 12.1 Å². The third kappa shape index (κ3) is 3.63. The molecule has 0 aliphatic rings. The van der Waals surface area contributed by atoms with Gasteiger partial charge in [0.05, 0.1) is 12.7 Å². The van der Waals surface area contributed by atoms with Crippen molar-refractivity contribution < 1.29 is 22.3 Å². The summed E-state index contributed by atoms with van der Waals surface area (Å²) in [6.45, 7) is 0. The number of carbonyl (C=O) groups excluding carboxylic acids is 1. The first-order valence-corrected chi connectivity index (χ1v) is 8.27. The number of halogens is 2. The SMILES string of the molecule is COC(=O)c1ccc(F)c(S(=O)(=O)Nc2ccc(Br)cc2)c1. The molecule has 2 aromatic carbocycles. The molecule has 0 unspecified atom stereocenters. The van der Waals surface area contributed by atoms with Crippen LogP contribution in [-0.4, -0.2) is 21.5 Å². The molecule has 1 N–H and O–H groups in total. The van der Waals surface area contributed by atoms with Crippen LogP contribution in [0.2, 0.25) is 0 Å². The van der Waals surface area contributed by atoms with Crippen LogP contribution in [0.5, 0.6) is 0 Å². The number of carbonyl (C=O) groups is 1. The summed E-state index contributed by atoms with van der Waals surface area (Å²) in [5.74, 6) is -1.71. The van der Waals surface area contributed by atoms with Crippen molar-refractivity contribution in [2.24, 2.45) is 0 Å². The van der Waals surface area contributed by atoms with Crippen molar-refractivity contribution in [3.8, 4) is 0 Å². The van der Waals surface area contributed by atoms with Crippen molar-refractivity contribution in [1.82, 2.24) is 0 Å². The molecule has 0 fully saturated rings. The Morgan fingerprint density at radius 1 is 1.18 bits per heavy atom. The molecule has 0 radical (unpaired) electrons. The van der Waals surface area contributed by atoms with E-state index in [1.807, 2.05) is 0 Å². The number of hydrogen-bond acceptors (Lipinski definition) is 4. The summed E-state index contributed by atoms with van der Waals surface area (Å²) in [6, 6.07) is 9.30. The summed E-state index contributed by atoms with van der Waals surface area (Å²) < 4.78 is 45.8. The number of esters is 1. The largest absolute Gasteiger partial charge is 0.465 e. The number of rotatable bonds is 4. The van der Waals surface area contributed by atoms with Gasteiger partial charge in [0, 0.05) is 10.2 Å². The van der Waals surface area contributed by atoms with Crippen LogP contribution < -0.4 is 4.72 Å².